The average molecular weight is 586 g/mol. The van der Waals surface area contributed by atoms with Gasteiger partial charge in [0.25, 0.3) is 0 Å². The molecule has 0 spiro atoms. The topological polar surface area (TPSA) is 56.6 Å². The van der Waals surface area contributed by atoms with Crippen LogP contribution in [0.3, 0.4) is 0 Å². The van der Waals surface area contributed by atoms with Gasteiger partial charge >= 0.3 is 0 Å². The van der Waals surface area contributed by atoms with Gasteiger partial charge in [-0.15, -0.1) is 0 Å². The van der Waals surface area contributed by atoms with Gasteiger partial charge in [0.1, 0.15) is 5.75 Å². The van der Waals surface area contributed by atoms with Gasteiger partial charge in [0.05, 0.1) is 28.5 Å². The SMILES string of the molecule is Cc1cc([C@@H]2[C@H](c3ccccn3)NC(=S)N2c2ccc(N3C[C@H](C)C[C@@H](C)C3)c(Cl)c2)c(C)n1-c1ccc(O)cc1. The number of pyridine rings is 1. The molecule has 2 aliphatic rings. The Bertz CT molecular complexity index is 1560. The number of aromatic nitrogens is 2. The molecular weight excluding hydrogens is 550 g/mol. The molecule has 4 aromatic rings. The predicted molar refractivity (Wildman–Crippen MR) is 171 cm³/mol. The van der Waals surface area contributed by atoms with E-state index in [1.165, 1.54) is 6.42 Å². The number of benzene rings is 2. The summed E-state index contributed by atoms with van der Waals surface area (Å²) in [6, 6.07) is 21.6. The minimum Gasteiger partial charge on any atom is -0.508 e. The summed E-state index contributed by atoms with van der Waals surface area (Å²) in [4.78, 5) is 9.33. The predicted octanol–water partition coefficient (Wildman–Crippen LogP) is 7.51. The molecule has 41 heavy (non-hydrogen) atoms. The van der Waals surface area contributed by atoms with Crippen LogP contribution >= 0.6 is 23.8 Å². The van der Waals surface area contributed by atoms with E-state index in [0.29, 0.717) is 16.9 Å². The Hall–Kier alpha value is -3.55. The van der Waals surface area contributed by atoms with Crippen LogP contribution in [0.1, 0.15) is 55.0 Å². The van der Waals surface area contributed by atoms with E-state index >= 15 is 0 Å². The van der Waals surface area contributed by atoms with E-state index in [4.69, 9.17) is 28.8 Å². The second kappa shape index (κ2) is 11.0. The van der Waals surface area contributed by atoms with Crippen LogP contribution in [-0.2, 0) is 0 Å². The summed E-state index contributed by atoms with van der Waals surface area (Å²) < 4.78 is 2.22. The zero-order chi connectivity index (χ0) is 28.8. The number of aromatic hydroxyl groups is 1. The summed E-state index contributed by atoms with van der Waals surface area (Å²) in [5.74, 6) is 1.52. The van der Waals surface area contributed by atoms with Crippen LogP contribution in [0, 0.1) is 25.7 Å². The van der Waals surface area contributed by atoms with Gasteiger partial charge in [-0.3, -0.25) is 4.98 Å². The summed E-state index contributed by atoms with van der Waals surface area (Å²) in [6.45, 7) is 10.9. The monoisotopic (exact) mass is 585 g/mol. The molecule has 6 rings (SSSR count). The Morgan fingerprint density at radius 3 is 2.32 bits per heavy atom. The molecule has 2 aliphatic heterocycles. The fraction of sp³-hybridized carbons (Fsp3) is 0.333. The molecule has 4 heterocycles. The maximum absolute atomic E-state index is 9.86. The lowest BCUT2D eigenvalue weighted by atomic mass is 9.91. The van der Waals surface area contributed by atoms with Crippen molar-refractivity contribution in [2.45, 2.75) is 46.2 Å². The number of aryl methyl sites for hydroxylation is 1. The molecule has 212 valence electrons. The number of thiocarbonyl (C=S) groups is 1. The first-order valence-corrected chi connectivity index (χ1v) is 15.0. The van der Waals surface area contributed by atoms with Gasteiger partial charge in [-0.05, 0) is 111 Å². The Balaban J connectivity index is 1.44. The van der Waals surface area contributed by atoms with Gasteiger partial charge in [-0.2, -0.15) is 0 Å². The van der Waals surface area contributed by atoms with Crippen LogP contribution in [0.2, 0.25) is 5.02 Å². The first-order valence-electron chi connectivity index (χ1n) is 14.2. The third-order valence-electron chi connectivity index (χ3n) is 8.41. The zero-order valence-corrected chi connectivity index (χ0v) is 25.5. The number of hydrogen-bond donors (Lipinski definition) is 2. The molecule has 2 N–H and O–H groups in total. The van der Waals surface area contributed by atoms with Crippen LogP contribution in [0.5, 0.6) is 5.75 Å². The maximum atomic E-state index is 9.86. The van der Waals surface area contributed by atoms with Crippen molar-refractivity contribution in [3.8, 4) is 11.4 Å². The second-order valence-corrected chi connectivity index (χ2v) is 12.5. The van der Waals surface area contributed by atoms with Crippen molar-refractivity contribution in [3.63, 3.8) is 0 Å². The number of anilines is 2. The molecule has 6 nitrogen and oxygen atoms in total. The van der Waals surface area contributed by atoms with Crippen molar-refractivity contribution in [1.29, 1.82) is 0 Å². The zero-order valence-electron chi connectivity index (χ0n) is 23.9. The van der Waals surface area contributed by atoms with E-state index in [9.17, 15) is 5.11 Å². The Morgan fingerprint density at radius 2 is 1.66 bits per heavy atom. The number of rotatable bonds is 5. The minimum absolute atomic E-state index is 0.147. The van der Waals surface area contributed by atoms with Crippen molar-refractivity contribution in [2.75, 3.05) is 22.9 Å². The highest BCUT2D eigenvalue weighted by atomic mass is 35.5. The van der Waals surface area contributed by atoms with Gasteiger partial charge in [0, 0.05) is 42.0 Å². The highest BCUT2D eigenvalue weighted by molar-refractivity contribution is 7.80. The number of phenols is 1. The Morgan fingerprint density at radius 1 is 0.951 bits per heavy atom. The molecule has 2 aromatic heterocycles. The lowest BCUT2D eigenvalue weighted by molar-refractivity contribution is 0.357. The summed E-state index contributed by atoms with van der Waals surface area (Å²) in [5, 5.41) is 14.8. The summed E-state index contributed by atoms with van der Waals surface area (Å²) >= 11 is 13.0. The van der Waals surface area contributed by atoms with Crippen molar-refractivity contribution in [3.05, 3.63) is 101 Å². The smallest absolute Gasteiger partial charge is 0.174 e. The number of piperidine rings is 1. The van der Waals surface area contributed by atoms with E-state index in [1.54, 1.807) is 12.1 Å². The fourth-order valence-electron chi connectivity index (χ4n) is 6.80. The molecular formula is C33H36ClN5OS. The van der Waals surface area contributed by atoms with Crippen molar-refractivity contribution in [2.24, 2.45) is 11.8 Å². The first-order chi connectivity index (χ1) is 19.7. The van der Waals surface area contributed by atoms with Crippen LogP contribution in [0.4, 0.5) is 11.4 Å². The number of hydrogen-bond acceptors (Lipinski definition) is 4. The number of phenolic OH excluding ortho intramolecular Hbond substituents is 1. The van der Waals surface area contributed by atoms with Gasteiger partial charge in [-0.1, -0.05) is 31.5 Å². The third kappa shape index (κ3) is 5.17. The molecule has 2 saturated heterocycles. The number of nitrogens with one attached hydrogen (secondary N) is 1. The minimum atomic E-state index is -0.153. The summed E-state index contributed by atoms with van der Waals surface area (Å²) in [6.07, 6.45) is 3.07. The molecule has 0 radical (unpaired) electrons. The van der Waals surface area contributed by atoms with Crippen LogP contribution in [-0.4, -0.2) is 32.9 Å². The molecule has 0 unspecified atom stereocenters. The van der Waals surface area contributed by atoms with Crippen molar-refractivity contribution >= 4 is 40.3 Å². The second-order valence-electron chi connectivity index (χ2n) is 11.7. The highest BCUT2D eigenvalue weighted by Crippen LogP contribution is 2.45. The van der Waals surface area contributed by atoms with Gasteiger partial charge in [0.2, 0.25) is 0 Å². The molecule has 0 saturated carbocycles. The van der Waals surface area contributed by atoms with Crippen LogP contribution in [0.15, 0.2) is 72.9 Å². The first kappa shape index (κ1) is 27.6. The summed E-state index contributed by atoms with van der Waals surface area (Å²) in [5.41, 5.74) is 7.31. The lowest BCUT2D eigenvalue weighted by Crippen LogP contribution is -2.38. The van der Waals surface area contributed by atoms with Gasteiger partial charge in [-0.25, -0.2) is 0 Å². The van der Waals surface area contributed by atoms with Crippen LogP contribution in [0.25, 0.3) is 5.69 Å². The average Bonchev–Trinajstić information content (AvgIpc) is 3.44. The quantitative estimate of drug-likeness (QED) is 0.236. The molecule has 2 aromatic carbocycles. The molecule has 0 amide bonds. The standard InChI is InChI=1S/C33H36ClN5OS/c1-20-15-21(2)19-37(18-20)30-13-10-25(17-28(30)34)39-32(31(36-33(39)41)29-7-5-6-14-35-29)27-16-22(3)38(23(27)4)24-8-11-26(40)12-9-24/h5-14,16-17,20-21,31-32,40H,15,18-19H2,1-4H3,(H,36,41)/t20-,21-,31+,32-/m1/s1. The van der Waals surface area contributed by atoms with Crippen molar-refractivity contribution in [1.82, 2.24) is 14.9 Å². The molecule has 8 heteroatoms. The largest absolute Gasteiger partial charge is 0.508 e. The number of nitrogens with zero attached hydrogens (tertiary/aromatic N) is 4. The Labute approximate surface area is 252 Å². The van der Waals surface area contributed by atoms with Crippen LogP contribution < -0.4 is 15.1 Å². The third-order valence-corrected chi connectivity index (χ3v) is 9.03. The number of halogens is 1. The molecule has 4 atom stereocenters. The molecule has 2 fully saturated rings. The Kier molecular flexibility index (Phi) is 7.43. The van der Waals surface area contributed by atoms with E-state index < -0.39 is 0 Å². The molecule has 0 bridgehead atoms. The molecule has 0 aliphatic carbocycles. The van der Waals surface area contributed by atoms with E-state index in [-0.39, 0.29) is 17.8 Å². The van der Waals surface area contributed by atoms with Gasteiger partial charge in [0.15, 0.2) is 5.11 Å². The summed E-state index contributed by atoms with van der Waals surface area (Å²) in [7, 11) is 0. The maximum Gasteiger partial charge on any atom is 0.174 e. The van der Waals surface area contributed by atoms with E-state index in [0.717, 1.165) is 57.8 Å². The normalized spacial score (nSPS) is 22.7. The fourth-order valence-corrected chi connectivity index (χ4v) is 7.44. The lowest BCUT2D eigenvalue weighted by Gasteiger charge is -2.37. The van der Waals surface area contributed by atoms with Crippen molar-refractivity contribution < 1.29 is 5.11 Å². The van der Waals surface area contributed by atoms with E-state index in [2.05, 4.69) is 71.6 Å². The highest BCUT2D eigenvalue weighted by Gasteiger charge is 2.42. The van der Waals surface area contributed by atoms with Gasteiger partial charge < -0.3 is 24.8 Å². The van der Waals surface area contributed by atoms with E-state index in [1.807, 2.05) is 36.5 Å².